The molecule has 0 aromatic heterocycles. The molecular formula is C14H19ClF2N2O2. The molecule has 0 atom stereocenters. The second-order valence-electron chi connectivity index (χ2n) is 5.08. The number of hydrogen-bond acceptors (Lipinski definition) is 3. The Morgan fingerprint density at radius 2 is 1.86 bits per heavy atom. The second-order valence-corrected chi connectivity index (χ2v) is 5.08. The monoisotopic (exact) mass is 320 g/mol. The lowest BCUT2D eigenvalue weighted by Crippen LogP contribution is -2.47. The van der Waals surface area contributed by atoms with Gasteiger partial charge in [0.1, 0.15) is 11.6 Å². The summed E-state index contributed by atoms with van der Waals surface area (Å²) in [6.45, 7) is 1.72. The highest BCUT2D eigenvalue weighted by molar-refractivity contribution is 5.95. The van der Waals surface area contributed by atoms with Crippen LogP contribution in [0.25, 0.3) is 0 Å². The maximum absolute atomic E-state index is 13.1. The number of rotatable bonds is 4. The van der Waals surface area contributed by atoms with Gasteiger partial charge in [-0.05, 0) is 38.1 Å². The van der Waals surface area contributed by atoms with E-state index in [1.807, 2.05) is 0 Å². The number of nitrogens with one attached hydrogen (secondary N) is 2. The first kappa shape index (κ1) is 17.8. The number of halogens is 3. The topological polar surface area (TPSA) is 50.4 Å². The molecule has 2 rings (SSSR count). The van der Waals surface area contributed by atoms with Crippen molar-refractivity contribution in [2.45, 2.75) is 12.8 Å². The highest BCUT2D eigenvalue weighted by Gasteiger charge is 2.39. The average molecular weight is 321 g/mol. The van der Waals surface area contributed by atoms with Gasteiger partial charge in [-0.25, -0.2) is 8.78 Å². The normalized spacial score (nSPS) is 16.9. The molecule has 1 aliphatic rings. The summed E-state index contributed by atoms with van der Waals surface area (Å²) in [6.07, 6.45) is 1.26. The number of methoxy groups -OCH3 is 1. The van der Waals surface area contributed by atoms with Gasteiger partial charge in [-0.3, -0.25) is 4.79 Å². The Hall–Kier alpha value is -1.24. The fourth-order valence-corrected chi connectivity index (χ4v) is 2.51. The van der Waals surface area contributed by atoms with Gasteiger partial charge in [-0.15, -0.1) is 12.4 Å². The average Bonchev–Trinajstić information content (AvgIpc) is 2.38. The third kappa shape index (κ3) is 4.36. The van der Waals surface area contributed by atoms with Gasteiger partial charge < -0.3 is 15.4 Å². The number of anilines is 1. The van der Waals surface area contributed by atoms with Crippen molar-refractivity contribution in [1.82, 2.24) is 5.32 Å². The largest absolute Gasteiger partial charge is 0.384 e. The molecule has 1 saturated heterocycles. The van der Waals surface area contributed by atoms with Crippen LogP contribution < -0.4 is 10.6 Å². The Kier molecular flexibility index (Phi) is 6.51. The molecule has 0 unspecified atom stereocenters. The van der Waals surface area contributed by atoms with Crippen LogP contribution in [-0.2, 0) is 9.53 Å². The zero-order valence-corrected chi connectivity index (χ0v) is 12.6. The second kappa shape index (κ2) is 7.68. The van der Waals surface area contributed by atoms with E-state index < -0.39 is 17.0 Å². The number of hydrogen-bond donors (Lipinski definition) is 2. The Balaban J connectivity index is 0.00000220. The molecule has 118 valence electrons. The molecule has 0 spiro atoms. The predicted molar refractivity (Wildman–Crippen MR) is 78.6 cm³/mol. The predicted octanol–water partition coefficient (Wildman–Crippen LogP) is 2.34. The lowest BCUT2D eigenvalue weighted by Gasteiger charge is -2.35. The van der Waals surface area contributed by atoms with Crippen molar-refractivity contribution in [3.8, 4) is 0 Å². The third-order valence-corrected chi connectivity index (χ3v) is 3.58. The van der Waals surface area contributed by atoms with Crippen LogP contribution in [0.5, 0.6) is 0 Å². The van der Waals surface area contributed by atoms with Crippen LogP contribution in [0, 0.1) is 17.0 Å². The molecule has 1 aromatic carbocycles. The number of amides is 1. The third-order valence-electron chi connectivity index (χ3n) is 3.58. The quantitative estimate of drug-likeness (QED) is 0.895. The fourth-order valence-electron chi connectivity index (χ4n) is 2.51. The van der Waals surface area contributed by atoms with E-state index in [1.165, 1.54) is 0 Å². The van der Waals surface area contributed by atoms with E-state index in [4.69, 9.17) is 4.74 Å². The minimum atomic E-state index is -0.716. The minimum Gasteiger partial charge on any atom is -0.384 e. The van der Waals surface area contributed by atoms with Gasteiger partial charge in [0.05, 0.1) is 12.0 Å². The minimum absolute atomic E-state index is 0. The summed E-state index contributed by atoms with van der Waals surface area (Å²) in [6, 6.07) is 2.97. The number of ether oxygens (including phenoxy) is 1. The van der Waals surface area contributed by atoms with E-state index in [0.717, 1.165) is 18.2 Å². The van der Waals surface area contributed by atoms with E-state index >= 15 is 0 Å². The van der Waals surface area contributed by atoms with Crippen molar-refractivity contribution in [3.05, 3.63) is 29.8 Å². The van der Waals surface area contributed by atoms with E-state index in [-0.39, 0.29) is 30.6 Å². The number of piperidine rings is 1. The first-order valence-corrected chi connectivity index (χ1v) is 6.53. The summed E-state index contributed by atoms with van der Waals surface area (Å²) in [7, 11) is 1.54. The summed E-state index contributed by atoms with van der Waals surface area (Å²) >= 11 is 0. The van der Waals surface area contributed by atoms with Gasteiger partial charge in [0, 0.05) is 18.9 Å². The van der Waals surface area contributed by atoms with Gasteiger partial charge in [-0.2, -0.15) is 0 Å². The summed E-state index contributed by atoms with van der Waals surface area (Å²) < 4.78 is 31.4. The van der Waals surface area contributed by atoms with Crippen LogP contribution in [-0.4, -0.2) is 32.7 Å². The van der Waals surface area contributed by atoms with Crippen molar-refractivity contribution in [2.24, 2.45) is 5.41 Å². The van der Waals surface area contributed by atoms with Crippen molar-refractivity contribution < 1.29 is 18.3 Å². The Bertz CT molecular complexity index is 468. The van der Waals surface area contributed by atoms with E-state index in [1.54, 1.807) is 7.11 Å². The molecule has 1 fully saturated rings. The maximum atomic E-state index is 13.1. The lowest BCUT2D eigenvalue weighted by molar-refractivity contribution is -0.130. The van der Waals surface area contributed by atoms with Crippen LogP contribution in [0.3, 0.4) is 0 Å². The first-order chi connectivity index (χ1) is 9.55. The summed E-state index contributed by atoms with van der Waals surface area (Å²) in [5.41, 5.74) is -0.524. The lowest BCUT2D eigenvalue weighted by atomic mass is 9.78. The highest BCUT2D eigenvalue weighted by atomic mass is 35.5. The van der Waals surface area contributed by atoms with Gasteiger partial charge in [0.15, 0.2) is 0 Å². The zero-order valence-electron chi connectivity index (χ0n) is 11.7. The van der Waals surface area contributed by atoms with Crippen molar-refractivity contribution in [1.29, 1.82) is 0 Å². The summed E-state index contributed by atoms with van der Waals surface area (Å²) in [5.74, 6) is -1.69. The SMILES string of the molecule is COCC1(C(=O)Nc2cc(F)cc(F)c2)CCNCC1.Cl. The number of carbonyl (C=O) groups excluding carboxylic acids is 1. The molecule has 0 radical (unpaired) electrons. The van der Waals surface area contributed by atoms with Crippen molar-refractivity contribution in [3.63, 3.8) is 0 Å². The van der Waals surface area contributed by atoms with Gasteiger partial charge >= 0.3 is 0 Å². The standard InChI is InChI=1S/C14H18F2N2O2.ClH/c1-20-9-14(2-4-17-5-3-14)13(19)18-12-7-10(15)6-11(16)8-12;/h6-8,17H,2-5,9H2,1H3,(H,18,19);1H. The fraction of sp³-hybridized carbons (Fsp3) is 0.500. The van der Waals surface area contributed by atoms with Gasteiger partial charge in [-0.1, -0.05) is 0 Å². The molecule has 21 heavy (non-hydrogen) atoms. The van der Waals surface area contributed by atoms with Crippen molar-refractivity contribution in [2.75, 3.05) is 32.1 Å². The molecular weight excluding hydrogens is 302 g/mol. The van der Waals surface area contributed by atoms with E-state index in [9.17, 15) is 13.6 Å². The molecule has 0 aliphatic carbocycles. The van der Waals surface area contributed by atoms with Crippen LogP contribution >= 0.6 is 12.4 Å². The van der Waals surface area contributed by atoms with Crippen molar-refractivity contribution >= 4 is 24.0 Å². The highest BCUT2D eigenvalue weighted by Crippen LogP contribution is 2.31. The molecule has 4 nitrogen and oxygen atoms in total. The molecule has 0 saturated carbocycles. The molecule has 1 heterocycles. The summed E-state index contributed by atoms with van der Waals surface area (Å²) in [4.78, 5) is 12.4. The molecule has 0 bridgehead atoms. The number of benzene rings is 1. The zero-order chi connectivity index (χ0) is 14.6. The van der Waals surface area contributed by atoms with E-state index in [0.29, 0.717) is 25.9 Å². The van der Waals surface area contributed by atoms with E-state index in [2.05, 4.69) is 10.6 Å². The smallest absolute Gasteiger partial charge is 0.233 e. The van der Waals surface area contributed by atoms with Gasteiger partial charge in [0.2, 0.25) is 5.91 Å². The molecule has 7 heteroatoms. The molecule has 1 amide bonds. The molecule has 2 N–H and O–H groups in total. The first-order valence-electron chi connectivity index (χ1n) is 6.53. The molecule has 1 aliphatic heterocycles. The van der Waals surface area contributed by atoms with Crippen LogP contribution in [0.15, 0.2) is 18.2 Å². The maximum Gasteiger partial charge on any atom is 0.233 e. The van der Waals surface area contributed by atoms with Crippen LogP contribution in [0.2, 0.25) is 0 Å². The Morgan fingerprint density at radius 3 is 2.38 bits per heavy atom. The van der Waals surface area contributed by atoms with Gasteiger partial charge in [0.25, 0.3) is 0 Å². The molecule has 1 aromatic rings. The Morgan fingerprint density at radius 1 is 1.29 bits per heavy atom. The Labute approximate surface area is 128 Å². The van der Waals surface area contributed by atoms with Crippen LogP contribution in [0.1, 0.15) is 12.8 Å². The van der Waals surface area contributed by atoms with Crippen LogP contribution in [0.4, 0.5) is 14.5 Å². The number of carbonyl (C=O) groups is 1. The summed E-state index contributed by atoms with van der Waals surface area (Å²) in [5, 5.41) is 5.77.